The molecule has 4 rings (SSSR count). The van der Waals surface area contributed by atoms with Gasteiger partial charge in [0.15, 0.2) is 0 Å². The lowest BCUT2D eigenvalue weighted by Crippen LogP contribution is -2.41. The summed E-state index contributed by atoms with van der Waals surface area (Å²) in [5, 5.41) is 8.85. The Labute approximate surface area is 158 Å². The Balaban J connectivity index is 1.55. The molecule has 1 atom stereocenters. The summed E-state index contributed by atoms with van der Waals surface area (Å²) in [6.45, 7) is 5.61. The first-order valence-corrected chi connectivity index (χ1v) is 9.30. The van der Waals surface area contributed by atoms with E-state index in [-0.39, 0.29) is 12.1 Å². The average Bonchev–Trinajstić information content (AvgIpc) is 3.02. The number of hydrogen-bond donors (Lipinski definition) is 1. The van der Waals surface area contributed by atoms with Crippen LogP contribution >= 0.6 is 0 Å². The highest BCUT2D eigenvalue weighted by atomic mass is 16.6. The summed E-state index contributed by atoms with van der Waals surface area (Å²) in [5.74, 6) is 0. The molecule has 1 aliphatic carbocycles. The number of carbonyl (C=O) groups excluding carboxylic acids is 1. The Morgan fingerprint density at radius 1 is 1.26 bits per heavy atom. The van der Waals surface area contributed by atoms with Crippen molar-refractivity contribution in [2.75, 3.05) is 0 Å². The number of nitrogens with zero attached hydrogens (tertiary/aromatic N) is 3. The molecule has 1 N–H and O–H groups in total. The van der Waals surface area contributed by atoms with Crippen molar-refractivity contribution >= 4 is 17.0 Å². The molecule has 6 heteroatoms. The molecule has 0 spiro atoms. The van der Waals surface area contributed by atoms with Crippen molar-refractivity contribution in [2.24, 2.45) is 0 Å². The van der Waals surface area contributed by atoms with Gasteiger partial charge in [0.25, 0.3) is 0 Å². The summed E-state index contributed by atoms with van der Waals surface area (Å²) in [6.07, 6.45) is 5.95. The Bertz CT molecular complexity index is 982. The maximum Gasteiger partial charge on any atom is 0.407 e. The van der Waals surface area contributed by atoms with Crippen LogP contribution in [0.2, 0.25) is 0 Å². The number of benzene rings is 1. The standard InChI is InChI=1S/C21H24N4O2/c1-21(2,3)27-20(26)23-16-9-10-17-15(12-16)13-25(24-17)18-8-4-6-14-7-5-11-22-19(14)18/h4-8,11,13,16H,9-10,12H2,1-3H3,(H,23,26). The van der Waals surface area contributed by atoms with Gasteiger partial charge in [-0.3, -0.25) is 4.98 Å². The predicted octanol–water partition coefficient (Wildman–Crippen LogP) is 3.80. The van der Waals surface area contributed by atoms with Crippen LogP contribution < -0.4 is 5.32 Å². The molecule has 0 fully saturated rings. The van der Waals surface area contributed by atoms with Crippen LogP contribution in [-0.2, 0) is 17.6 Å². The van der Waals surface area contributed by atoms with E-state index in [0.717, 1.165) is 47.1 Å². The SMILES string of the molecule is CC(C)(C)OC(=O)NC1CCc2nn(-c3cccc4cccnc34)cc2C1. The second kappa shape index (κ2) is 6.68. The fourth-order valence-corrected chi connectivity index (χ4v) is 3.50. The Morgan fingerprint density at radius 2 is 2.07 bits per heavy atom. The second-order valence-corrected chi connectivity index (χ2v) is 7.98. The van der Waals surface area contributed by atoms with E-state index in [1.54, 1.807) is 6.20 Å². The van der Waals surface area contributed by atoms with Crippen molar-refractivity contribution < 1.29 is 9.53 Å². The number of alkyl carbamates (subject to hydrolysis) is 1. The van der Waals surface area contributed by atoms with Crippen LogP contribution in [0.15, 0.2) is 42.7 Å². The van der Waals surface area contributed by atoms with E-state index < -0.39 is 5.60 Å². The van der Waals surface area contributed by atoms with Crippen molar-refractivity contribution in [2.45, 2.75) is 51.7 Å². The number of ether oxygens (including phenoxy) is 1. The summed E-state index contributed by atoms with van der Waals surface area (Å²) >= 11 is 0. The molecule has 0 radical (unpaired) electrons. The highest BCUT2D eigenvalue weighted by Gasteiger charge is 2.25. The van der Waals surface area contributed by atoms with Gasteiger partial charge in [0.1, 0.15) is 5.60 Å². The Morgan fingerprint density at radius 3 is 2.89 bits per heavy atom. The van der Waals surface area contributed by atoms with Crippen molar-refractivity contribution in [1.82, 2.24) is 20.1 Å². The minimum absolute atomic E-state index is 0.0654. The molecule has 0 saturated heterocycles. The molecule has 0 saturated carbocycles. The number of rotatable bonds is 2. The van der Waals surface area contributed by atoms with E-state index >= 15 is 0 Å². The number of hydrogen-bond acceptors (Lipinski definition) is 4. The van der Waals surface area contributed by atoms with E-state index in [0.29, 0.717) is 0 Å². The zero-order valence-corrected chi connectivity index (χ0v) is 15.9. The molecule has 6 nitrogen and oxygen atoms in total. The van der Waals surface area contributed by atoms with Crippen LogP contribution in [0.3, 0.4) is 0 Å². The van der Waals surface area contributed by atoms with Gasteiger partial charge in [-0.2, -0.15) is 5.10 Å². The van der Waals surface area contributed by atoms with Gasteiger partial charge in [-0.25, -0.2) is 9.48 Å². The van der Waals surface area contributed by atoms with Gasteiger partial charge in [-0.1, -0.05) is 18.2 Å². The largest absolute Gasteiger partial charge is 0.444 e. The smallest absolute Gasteiger partial charge is 0.407 e. The lowest BCUT2D eigenvalue weighted by molar-refractivity contribution is 0.0500. The van der Waals surface area contributed by atoms with E-state index in [1.807, 2.05) is 43.7 Å². The molecule has 1 aliphatic rings. The molecule has 27 heavy (non-hydrogen) atoms. The van der Waals surface area contributed by atoms with E-state index in [2.05, 4.69) is 28.6 Å². The molecule has 0 aliphatic heterocycles. The zero-order chi connectivity index (χ0) is 19.0. The molecular weight excluding hydrogens is 340 g/mol. The first-order valence-electron chi connectivity index (χ1n) is 9.30. The maximum atomic E-state index is 12.0. The normalized spacial score (nSPS) is 16.8. The highest BCUT2D eigenvalue weighted by Crippen LogP contribution is 2.25. The maximum absolute atomic E-state index is 12.0. The first kappa shape index (κ1) is 17.5. The monoisotopic (exact) mass is 364 g/mol. The minimum atomic E-state index is -0.490. The third kappa shape index (κ3) is 3.79. The minimum Gasteiger partial charge on any atom is -0.444 e. The molecule has 3 aromatic rings. The number of amides is 1. The third-order valence-electron chi connectivity index (χ3n) is 4.65. The number of nitrogens with one attached hydrogen (secondary N) is 1. The molecule has 1 amide bonds. The van der Waals surface area contributed by atoms with Crippen LogP contribution in [0.5, 0.6) is 0 Å². The fraction of sp³-hybridized carbons (Fsp3) is 0.381. The van der Waals surface area contributed by atoms with Gasteiger partial charge in [0.05, 0.1) is 16.9 Å². The number of fused-ring (bicyclic) bond motifs is 2. The summed E-state index contributed by atoms with van der Waals surface area (Å²) in [5.41, 5.74) is 3.67. The first-order chi connectivity index (χ1) is 12.9. The van der Waals surface area contributed by atoms with Crippen molar-refractivity contribution in [3.8, 4) is 5.69 Å². The number of aromatic nitrogens is 3. The number of para-hydroxylation sites is 1. The van der Waals surface area contributed by atoms with Gasteiger partial charge in [-0.15, -0.1) is 0 Å². The topological polar surface area (TPSA) is 69.0 Å². The average molecular weight is 364 g/mol. The van der Waals surface area contributed by atoms with Crippen molar-refractivity contribution in [3.05, 3.63) is 54.0 Å². The molecule has 2 heterocycles. The molecular formula is C21H24N4O2. The van der Waals surface area contributed by atoms with Gasteiger partial charge in [-0.05, 0) is 57.7 Å². The van der Waals surface area contributed by atoms with E-state index in [4.69, 9.17) is 9.84 Å². The third-order valence-corrected chi connectivity index (χ3v) is 4.65. The van der Waals surface area contributed by atoms with Crippen LogP contribution in [-0.4, -0.2) is 32.5 Å². The summed E-state index contributed by atoms with van der Waals surface area (Å²) in [6, 6.07) is 10.2. The number of aryl methyl sites for hydroxylation is 1. The Kier molecular flexibility index (Phi) is 4.34. The van der Waals surface area contributed by atoms with Crippen molar-refractivity contribution in [1.29, 1.82) is 0 Å². The predicted molar refractivity (Wildman–Crippen MR) is 104 cm³/mol. The summed E-state index contributed by atoms with van der Waals surface area (Å²) in [7, 11) is 0. The summed E-state index contributed by atoms with van der Waals surface area (Å²) < 4.78 is 7.28. The van der Waals surface area contributed by atoms with Crippen LogP contribution in [0.1, 0.15) is 38.4 Å². The molecule has 1 aromatic carbocycles. The number of carbonyl (C=O) groups is 1. The fourth-order valence-electron chi connectivity index (χ4n) is 3.50. The second-order valence-electron chi connectivity index (χ2n) is 7.98. The molecule has 2 aromatic heterocycles. The summed E-state index contributed by atoms with van der Waals surface area (Å²) in [4.78, 5) is 16.6. The van der Waals surface area contributed by atoms with E-state index in [1.165, 1.54) is 0 Å². The Hall–Kier alpha value is -2.89. The van der Waals surface area contributed by atoms with Crippen LogP contribution in [0.4, 0.5) is 4.79 Å². The molecule has 1 unspecified atom stereocenters. The lowest BCUT2D eigenvalue weighted by atomic mass is 9.94. The van der Waals surface area contributed by atoms with Gasteiger partial charge in [0, 0.05) is 23.8 Å². The van der Waals surface area contributed by atoms with Crippen LogP contribution in [0, 0.1) is 0 Å². The van der Waals surface area contributed by atoms with E-state index in [9.17, 15) is 4.79 Å². The van der Waals surface area contributed by atoms with Crippen LogP contribution in [0.25, 0.3) is 16.6 Å². The quantitative estimate of drug-likeness (QED) is 0.751. The molecule has 140 valence electrons. The lowest BCUT2D eigenvalue weighted by Gasteiger charge is -2.25. The zero-order valence-electron chi connectivity index (χ0n) is 15.9. The molecule has 0 bridgehead atoms. The highest BCUT2D eigenvalue weighted by molar-refractivity contribution is 5.86. The van der Waals surface area contributed by atoms with Gasteiger partial charge >= 0.3 is 6.09 Å². The van der Waals surface area contributed by atoms with Gasteiger partial charge < -0.3 is 10.1 Å². The van der Waals surface area contributed by atoms with Crippen molar-refractivity contribution in [3.63, 3.8) is 0 Å². The number of pyridine rings is 1. The van der Waals surface area contributed by atoms with Gasteiger partial charge in [0.2, 0.25) is 0 Å².